The van der Waals surface area contributed by atoms with Crippen LogP contribution in [0.25, 0.3) is 0 Å². The number of aliphatic hydroxyl groups excluding tert-OH is 1. The van der Waals surface area contributed by atoms with Gasteiger partial charge in [-0.1, -0.05) is 36.4 Å². The zero-order chi connectivity index (χ0) is 27.1. The van der Waals surface area contributed by atoms with Crippen molar-refractivity contribution in [3.8, 4) is 11.5 Å². The van der Waals surface area contributed by atoms with Crippen molar-refractivity contribution in [2.75, 3.05) is 26.8 Å². The van der Waals surface area contributed by atoms with Crippen molar-refractivity contribution in [1.82, 2.24) is 4.90 Å². The smallest absolute Gasteiger partial charge is 0.225 e. The molecule has 0 aromatic heterocycles. The van der Waals surface area contributed by atoms with Gasteiger partial charge in [0.1, 0.15) is 11.5 Å². The van der Waals surface area contributed by atoms with Crippen molar-refractivity contribution in [3.05, 3.63) is 59.7 Å². The van der Waals surface area contributed by atoms with Crippen LogP contribution in [-0.4, -0.2) is 60.0 Å². The van der Waals surface area contributed by atoms with Crippen molar-refractivity contribution in [2.45, 2.75) is 76.0 Å². The van der Waals surface area contributed by atoms with E-state index in [1.807, 2.05) is 60.4 Å². The summed E-state index contributed by atoms with van der Waals surface area (Å²) in [6.45, 7) is 3.83. The van der Waals surface area contributed by atoms with E-state index in [1.54, 1.807) is 7.11 Å². The minimum Gasteiger partial charge on any atom is -0.457 e. The molecule has 38 heavy (non-hydrogen) atoms. The number of benzene rings is 2. The van der Waals surface area contributed by atoms with Crippen LogP contribution < -0.4 is 10.5 Å². The molecule has 2 aromatic rings. The summed E-state index contributed by atoms with van der Waals surface area (Å²) in [5.41, 5.74) is 6.72. The number of nitrogens with two attached hydrogens (primary N) is 1. The molecule has 2 aliphatic rings. The lowest BCUT2D eigenvalue weighted by Gasteiger charge is -2.44. The van der Waals surface area contributed by atoms with Gasteiger partial charge in [0.05, 0.1) is 11.7 Å². The van der Waals surface area contributed by atoms with Crippen molar-refractivity contribution in [1.29, 1.82) is 0 Å². The van der Waals surface area contributed by atoms with Crippen LogP contribution in [0.15, 0.2) is 48.5 Å². The molecule has 1 heterocycles. The highest BCUT2D eigenvalue weighted by molar-refractivity contribution is 5.79. The molecule has 0 bridgehead atoms. The molecule has 7 nitrogen and oxygen atoms in total. The molecule has 7 heteroatoms. The molecule has 208 valence electrons. The lowest BCUT2D eigenvalue weighted by Crippen LogP contribution is -2.51. The van der Waals surface area contributed by atoms with Crippen molar-refractivity contribution in [2.24, 2.45) is 17.6 Å². The first-order chi connectivity index (χ1) is 18.3. The number of piperidine rings is 1. The SMILES string of the molecule is COCCCC[C@@](O)(c1ccccc1Oc1ccccc1C)C1CCCN(C(=O)C2CC[C@H](O)[C@H](N)C2)C1. The molecule has 2 aromatic carbocycles. The number of hydrogen-bond donors (Lipinski definition) is 3. The maximum Gasteiger partial charge on any atom is 0.225 e. The van der Waals surface area contributed by atoms with Gasteiger partial charge in [-0.3, -0.25) is 4.79 Å². The minimum atomic E-state index is -1.16. The number of carbonyl (C=O) groups excluding carboxylic acids is 1. The van der Waals surface area contributed by atoms with E-state index >= 15 is 0 Å². The Kier molecular flexibility index (Phi) is 9.82. The van der Waals surface area contributed by atoms with E-state index in [1.165, 1.54) is 0 Å². The first-order valence-corrected chi connectivity index (χ1v) is 14.1. The average Bonchev–Trinajstić information content (AvgIpc) is 2.94. The molecule has 4 N–H and O–H groups in total. The van der Waals surface area contributed by atoms with Crippen LogP contribution in [0.3, 0.4) is 0 Å². The fraction of sp³-hybridized carbons (Fsp3) is 0.581. The Morgan fingerprint density at radius 3 is 2.55 bits per heavy atom. The number of aryl methyl sites for hydroxylation is 1. The van der Waals surface area contributed by atoms with Crippen LogP contribution in [0.1, 0.15) is 62.5 Å². The molecule has 1 saturated heterocycles. The van der Waals surface area contributed by atoms with E-state index in [4.69, 9.17) is 15.2 Å². The molecular formula is C31H44N2O5. The molecule has 0 spiro atoms. The molecule has 2 unspecified atom stereocenters. The lowest BCUT2D eigenvalue weighted by molar-refractivity contribution is -0.143. The fourth-order valence-electron chi connectivity index (χ4n) is 6.14. The molecule has 0 radical (unpaired) electrons. The van der Waals surface area contributed by atoms with Gasteiger partial charge in [0, 0.05) is 50.2 Å². The van der Waals surface area contributed by atoms with Crippen LogP contribution >= 0.6 is 0 Å². The number of rotatable bonds is 10. The quantitative estimate of drug-likeness (QED) is 0.395. The summed E-state index contributed by atoms with van der Waals surface area (Å²) in [5, 5.41) is 22.5. The van der Waals surface area contributed by atoms with E-state index < -0.39 is 11.7 Å². The molecule has 1 amide bonds. The molecule has 4 rings (SSSR count). The number of unbranched alkanes of at least 4 members (excludes halogenated alkanes) is 1. The van der Waals surface area contributed by atoms with Gasteiger partial charge < -0.3 is 30.3 Å². The van der Waals surface area contributed by atoms with Gasteiger partial charge in [-0.05, 0) is 76.0 Å². The Morgan fingerprint density at radius 2 is 1.82 bits per heavy atom. The number of nitrogens with zero attached hydrogens (tertiary/aromatic N) is 1. The van der Waals surface area contributed by atoms with Gasteiger partial charge in [0.25, 0.3) is 0 Å². The Balaban J connectivity index is 1.60. The standard InChI is InChI=1S/C31H44N2O5/c1-22-10-3-5-13-28(22)38-29-14-6-4-12-25(29)31(36,17-7-8-19-37-2)24-11-9-18-33(21-24)30(35)23-15-16-27(34)26(32)20-23/h3-6,10,12-14,23-24,26-27,34,36H,7-9,11,15-21,32H2,1-2H3/t23?,24?,26-,27+,31+/m1/s1. The number of para-hydroxylation sites is 2. The highest BCUT2D eigenvalue weighted by Gasteiger charge is 2.44. The predicted octanol–water partition coefficient (Wildman–Crippen LogP) is 4.52. The predicted molar refractivity (Wildman–Crippen MR) is 148 cm³/mol. The summed E-state index contributed by atoms with van der Waals surface area (Å²) in [7, 11) is 1.69. The molecular weight excluding hydrogens is 480 g/mol. The van der Waals surface area contributed by atoms with E-state index in [0.29, 0.717) is 51.1 Å². The summed E-state index contributed by atoms with van der Waals surface area (Å²) >= 11 is 0. The number of methoxy groups -OCH3 is 1. The number of ether oxygens (including phenoxy) is 2. The highest BCUT2D eigenvalue weighted by atomic mass is 16.5. The summed E-state index contributed by atoms with van der Waals surface area (Å²) < 4.78 is 11.7. The summed E-state index contributed by atoms with van der Waals surface area (Å²) in [6, 6.07) is 15.3. The van der Waals surface area contributed by atoms with Gasteiger partial charge in [-0.2, -0.15) is 0 Å². The van der Waals surface area contributed by atoms with Gasteiger partial charge in [-0.25, -0.2) is 0 Å². The Hall–Kier alpha value is -2.45. The Morgan fingerprint density at radius 1 is 1.08 bits per heavy atom. The minimum absolute atomic E-state index is 0.100. The molecule has 1 aliphatic carbocycles. The van der Waals surface area contributed by atoms with Gasteiger partial charge >= 0.3 is 0 Å². The van der Waals surface area contributed by atoms with Crippen LogP contribution in [0.4, 0.5) is 0 Å². The number of amides is 1. The van der Waals surface area contributed by atoms with Crippen LogP contribution in [-0.2, 0) is 15.1 Å². The fourth-order valence-corrected chi connectivity index (χ4v) is 6.14. The first-order valence-electron chi connectivity index (χ1n) is 14.1. The van der Waals surface area contributed by atoms with E-state index in [0.717, 1.165) is 42.6 Å². The van der Waals surface area contributed by atoms with Crippen molar-refractivity contribution < 1.29 is 24.5 Å². The normalized spacial score (nSPS) is 25.6. The third kappa shape index (κ3) is 6.57. The van der Waals surface area contributed by atoms with Gasteiger partial charge in [0.15, 0.2) is 0 Å². The molecule has 5 atom stereocenters. The van der Waals surface area contributed by atoms with Crippen LogP contribution in [0, 0.1) is 18.8 Å². The average molecular weight is 525 g/mol. The first kappa shape index (κ1) is 28.6. The zero-order valence-electron chi connectivity index (χ0n) is 22.9. The summed E-state index contributed by atoms with van der Waals surface area (Å²) in [5.74, 6) is 1.21. The third-order valence-corrected chi connectivity index (χ3v) is 8.44. The van der Waals surface area contributed by atoms with Crippen LogP contribution in [0.5, 0.6) is 11.5 Å². The van der Waals surface area contributed by atoms with Crippen molar-refractivity contribution >= 4 is 5.91 Å². The Labute approximate surface area is 226 Å². The van der Waals surface area contributed by atoms with E-state index in [-0.39, 0.29) is 23.8 Å². The summed E-state index contributed by atoms with van der Waals surface area (Å²) in [6.07, 6.45) is 5.04. The lowest BCUT2D eigenvalue weighted by atomic mass is 9.73. The van der Waals surface area contributed by atoms with E-state index in [9.17, 15) is 15.0 Å². The second-order valence-electron chi connectivity index (χ2n) is 11.1. The molecule has 1 saturated carbocycles. The number of carbonyl (C=O) groups is 1. The maximum atomic E-state index is 13.5. The number of aliphatic hydroxyl groups is 2. The molecule has 2 fully saturated rings. The second-order valence-corrected chi connectivity index (χ2v) is 11.1. The zero-order valence-corrected chi connectivity index (χ0v) is 22.9. The largest absolute Gasteiger partial charge is 0.457 e. The highest BCUT2D eigenvalue weighted by Crippen LogP contribution is 2.45. The van der Waals surface area contributed by atoms with Gasteiger partial charge in [-0.15, -0.1) is 0 Å². The number of likely N-dealkylation sites (tertiary alicyclic amines) is 1. The third-order valence-electron chi connectivity index (χ3n) is 8.44. The van der Waals surface area contributed by atoms with E-state index in [2.05, 4.69) is 0 Å². The Bertz CT molecular complexity index is 1060. The molecule has 1 aliphatic heterocycles. The topological polar surface area (TPSA) is 105 Å². The van der Waals surface area contributed by atoms with Crippen molar-refractivity contribution in [3.63, 3.8) is 0 Å². The maximum absolute atomic E-state index is 13.5. The second kappa shape index (κ2) is 13.1. The number of hydrogen-bond acceptors (Lipinski definition) is 6. The monoisotopic (exact) mass is 524 g/mol. The van der Waals surface area contributed by atoms with Gasteiger partial charge in [0.2, 0.25) is 5.91 Å². The van der Waals surface area contributed by atoms with Crippen LogP contribution in [0.2, 0.25) is 0 Å². The summed E-state index contributed by atoms with van der Waals surface area (Å²) in [4.78, 5) is 15.4.